The lowest BCUT2D eigenvalue weighted by molar-refractivity contribution is 0.102. The van der Waals surface area contributed by atoms with E-state index in [-0.39, 0.29) is 11.3 Å². The van der Waals surface area contributed by atoms with Gasteiger partial charge in [-0.05, 0) is 24.3 Å². The first-order chi connectivity index (χ1) is 13.5. The van der Waals surface area contributed by atoms with Crippen molar-refractivity contribution in [3.05, 3.63) is 80.1 Å². The Labute approximate surface area is 164 Å². The van der Waals surface area contributed by atoms with Crippen LogP contribution >= 0.6 is 11.6 Å². The monoisotopic (exact) mass is 401 g/mol. The van der Waals surface area contributed by atoms with Crippen molar-refractivity contribution in [2.45, 2.75) is 0 Å². The fraction of sp³-hybridized carbons (Fsp3) is 0.105. The van der Waals surface area contributed by atoms with Gasteiger partial charge in [-0.25, -0.2) is 9.36 Å². The standard InChI is InChI=1S/C19H16ClN3O5/c1-27-15-8-7-11(9-16(15)28-2)23-18(25)12(10-21-19(23)26)17(24)22-14-6-4-3-5-13(14)20/h3-10H,1-2H3,(H,21,26)(H,22,24). The summed E-state index contributed by atoms with van der Waals surface area (Å²) >= 11 is 6.03. The first-order valence-corrected chi connectivity index (χ1v) is 8.47. The molecular weight excluding hydrogens is 386 g/mol. The minimum atomic E-state index is -0.791. The van der Waals surface area contributed by atoms with E-state index in [1.807, 2.05) is 0 Å². The van der Waals surface area contributed by atoms with Crippen molar-refractivity contribution in [1.29, 1.82) is 0 Å². The first-order valence-electron chi connectivity index (χ1n) is 8.09. The van der Waals surface area contributed by atoms with Gasteiger partial charge in [0.15, 0.2) is 11.5 Å². The Morgan fingerprint density at radius 2 is 1.79 bits per heavy atom. The topological polar surface area (TPSA) is 102 Å². The molecule has 1 heterocycles. The van der Waals surface area contributed by atoms with Gasteiger partial charge in [-0.1, -0.05) is 23.7 Å². The summed E-state index contributed by atoms with van der Waals surface area (Å²) in [6, 6.07) is 11.1. The number of amides is 1. The minimum absolute atomic E-state index is 0.219. The molecule has 0 saturated carbocycles. The van der Waals surface area contributed by atoms with Crippen LogP contribution in [0.4, 0.5) is 5.69 Å². The van der Waals surface area contributed by atoms with Crippen LogP contribution in [-0.2, 0) is 0 Å². The van der Waals surface area contributed by atoms with Gasteiger partial charge in [0.05, 0.1) is 30.6 Å². The third-order valence-corrected chi connectivity index (χ3v) is 4.30. The molecule has 0 atom stereocenters. The van der Waals surface area contributed by atoms with Gasteiger partial charge in [0.25, 0.3) is 11.5 Å². The third-order valence-electron chi connectivity index (χ3n) is 3.97. The Kier molecular flexibility index (Phi) is 5.51. The molecule has 0 aliphatic rings. The maximum Gasteiger partial charge on any atom is 0.333 e. The summed E-state index contributed by atoms with van der Waals surface area (Å²) in [6.45, 7) is 0. The predicted molar refractivity (Wildman–Crippen MR) is 105 cm³/mol. The highest BCUT2D eigenvalue weighted by atomic mass is 35.5. The quantitative estimate of drug-likeness (QED) is 0.683. The number of hydrogen-bond acceptors (Lipinski definition) is 5. The van der Waals surface area contributed by atoms with Crippen LogP contribution in [0.2, 0.25) is 5.02 Å². The molecule has 2 aromatic carbocycles. The SMILES string of the molecule is COc1ccc(-n2c(=O)[nH]cc(C(=O)Nc3ccccc3Cl)c2=O)cc1OC. The van der Waals surface area contributed by atoms with Crippen LogP contribution < -0.4 is 26.0 Å². The molecule has 144 valence electrons. The summed E-state index contributed by atoms with van der Waals surface area (Å²) in [6.07, 6.45) is 1.06. The van der Waals surface area contributed by atoms with Gasteiger partial charge in [-0.3, -0.25) is 9.59 Å². The van der Waals surface area contributed by atoms with E-state index in [0.29, 0.717) is 22.2 Å². The van der Waals surface area contributed by atoms with Gasteiger partial charge in [-0.15, -0.1) is 0 Å². The average molecular weight is 402 g/mol. The van der Waals surface area contributed by atoms with Crippen LogP contribution in [0.1, 0.15) is 10.4 Å². The summed E-state index contributed by atoms with van der Waals surface area (Å²) in [5.74, 6) is 0.0594. The van der Waals surface area contributed by atoms with Crippen LogP contribution in [-0.4, -0.2) is 29.7 Å². The highest BCUT2D eigenvalue weighted by molar-refractivity contribution is 6.33. The smallest absolute Gasteiger partial charge is 0.333 e. The molecule has 3 aromatic rings. The molecular formula is C19H16ClN3O5. The second-order valence-electron chi connectivity index (χ2n) is 5.62. The van der Waals surface area contributed by atoms with Crippen LogP contribution in [0.3, 0.4) is 0 Å². The first kappa shape index (κ1) is 19.2. The molecule has 0 radical (unpaired) electrons. The number of carbonyl (C=O) groups excluding carboxylic acids is 1. The summed E-state index contributed by atoms with van der Waals surface area (Å²) in [7, 11) is 2.90. The molecule has 1 aromatic heterocycles. The number of carbonyl (C=O) groups is 1. The van der Waals surface area contributed by atoms with Gasteiger partial charge in [0, 0.05) is 12.3 Å². The zero-order chi connectivity index (χ0) is 20.3. The molecule has 2 N–H and O–H groups in total. The number of para-hydroxylation sites is 1. The lowest BCUT2D eigenvalue weighted by atomic mass is 10.2. The maximum absolute atomic E-state index is 12.8. The molecule has 0 fully saturated rings. The molecule has 0 spiro atoms. The van der Waals surface area contributed by atoms with Gasteiger partial charge >= 0.3 is 5.69 Å². The lowest BCUT2D eigenvalue weighted by Crippen LogP contribution is -2.38. The molecule has 28 heavy (non-hydrogen) atoms. The summed E-state index contributed by atoms with van der Waals surface area (Å²) < 4.78 is 11.2. The molecule has 0 unspecified atom stereocenters. The number of anilines is 1. The number of nitrogens with zero attached hydrogens (tertiary/aromatic N) is 1. The number of H-pyrrole nitrogens is 1. The van der Waals surface area contributed by atoms with E-state index in [1.165, 1.54) is 26.4 Å². The molecule has 9 heteroatoms. The van der Waals surface area contributed by atoms with Crippen molar-refractivity contribution in [3.8, 4) is 17.2 Å². The van der Waals surface area contributed by atoms with E-state index in [1.54, 1.807) is 30.3 Å². The van der Waals surface area contributed by atoms with Crippen molar-refractivity contribution in [2.75, 3.05) is 19.5 Å². The highest BCUT2D eigenvalue weighted by Crippen LogP contribution is 2.28. The number of methoxy groups -OCH3 is 2. The van der Waals surface area contributed by atoms with Crippen molar-refractivity contribution < 1.29 is 14.3 Å². The zero-order valence-electron chi connectivity index (χ0n) is 15.0. The van der Waals surface area contributed by atoms with Crippen LogP contribution in [0.5, 0.6) is 11.5 Å². The van der Waals surface area contributed by atoms with Gasteiger partial charge in [0.1, 0.15) is 5.56 Å². The number of nitrogens with one attached hydrogen (secondary N) is 2. The number of benzene rings is 2. The Hall–Kier alpha value is -3.52. The van der Waals surface area contributed by atoms with Crippen LogP contribution in [0.25, 0.3) is 5.69 Å². The Bertz CT molecular complexity index is 1150. The molecule has 0 bridgehead atoms. The number of rotatable bonds is 5. The summed E-state index contributed by atoms with van der Waals surface area (Å²) in [5.41, 5.74) is -1.19. The Morgan fingerprint density at radius 1 is 1.07 bits per heavy atom. The van der Waals surface area contributed by atoms with Crippen LogP contribution in [0, 0.1) is 0 Å². The van der Waals surface area contributed by atoms with E-state index in [2.05, 4.69) is 10.3 Å². The van der Waals surface area contributed by atoms with E-state index in [9.17, 15) is 14.4 Å². The molecule has 1 amide bonds. The molecule has 0 aliphatic carbocycles. The Balaban J connectivity index is 2.06. The van der Waals surface area contributed by atoms with E-state index in [4.69, 9.17) is 21.1 Å². The Morgan fingerprint density at radius 3 is 2.46 bits per heavy atom. The fourth-order valence-electron chi connectivity index (χ4n) is 2.59. The molecule has 3 rings (SSSR count). The van der Waals surface area contributed by atoms with Crippen LogP contribution in [0.15, 0.2) is 58.3 Å². The highest BCUT2D eigenvalue weighted by Gasteiger charge is 2.18. The van der Waals surface area contributed by atoms with Crippen molar-refractivity contribution in [2.24, 2.45) is 0 Å². The second kappa shape index (κ2) is 8.01. The van der Waals surface area contributed by atoms with Gasteiger partial charge < -0.3 is 19.8 Å². The number of halogens is 1. The molecule has 0 aliphatic heterocycles. The summed E-state index contributed by atoms with van der Waals surface area (Å²) in [4.78, 5) is 40.1. The number of aromatic nitrogens is 2. The number of hydrogen-bond donors (Lipinski definition) is 2. The largest absolute Gasteiger partial charge is 0.493 e. The third kappa shape index (κ3) is 3.63. The van der Waals surface area contributed by atoms with Gasteiger partial charge in [-0.2, -0.15) is 0 Å². The van der Waals surface area contributed by atoms with Crippen molar-refractivity contribution in [1.82, 2.24) is 9.55 Å². The minimum Gasteiger partial charge on any atom is -0.493 e. The normalized spacial score (nSPS) is 10.4. The second-order valence-corrected chi connectivity index (χ2v) is 6.03. The lowest BCUT2D eigenvalue weighted by Gasteiger charge is -2.11. The van der Waals surface area contributed by atoms with E-state index in [0.717, 1.165) is 10.8 Å². The number of ether oxygens (including phenoxy) is 2. The summed E-state index contributed by atoms with van der Waals surface area (Å²) in [5, 5.41) is 2.88. The molecule has 8 nitrogen and oxygen atoms in total. The molecule has 0 saturated heterocycles. The number of aromatic amines is 1. The van der Waals surface area contributed by atoms with Crippen molar-refractivity contribution in [3.63, 3.8) is 0 Å². The van der Waals surface area contributed by atoms with E-state index < -0.39 is 17.2 Å². The maximum atomic E-state index is 12.8. The average Bonchev–Trinajstić information content (AvgIpc) is 2.69. The van der Waals surface area contributed by atoms with E-state index >= 15 is 0 Å². The zero-order valence-corrected chi connectivity index (χ0v) is 15.7. The fourth-order valence-corrected chi connectivity index (χ4v) is 2.77. The predicted octanol–water partition coefficient (Wildman–Crippen LogP) is 2.45. The van der Waals surface area contributed by atoms with Crippen molar-refractivity contribution >= 4 is 23.2 Å². The van der Waals surface area contributed by atoms with Gasteiger partial charge in [0.2, 0.25) is 0 Å².